The fraction of sp³-hybridized carbons (Fsp3) is 0.620. The highest BCUT2D eigenvalue weighted by atomic mass is 31.2. The van der Waals surface area contributed by atoms with E-state index in [-0.39, 0.29) is 32.6 Å². The SMILES string of the molecule is CC/C=C\C/C=C\C/C=C\C/C=C\C/C=C\C/C=C\C/C=C\C/C=C\CCCCCCCCCCCCCCCCCCC(=O)OC(COC(=O)CCCCCCCCCC/C=C\C/C=C\C/C=C\C/C=C\C/C=C\C/C=C\CC)COP(=O)(O)OCCN. The minimum atomic E-state index is -4.41. The summed E-state index contributed by atoms with van der Waals surface area (Å²) in [6.07, 6.45) is 107. The maximum absolute atomic E-state index is 12.8. The van der Waals surface area contributed by atoms with Crippen LogP contribution in [0.2, 0.25) is 0 Å². The lowest BCUT2D eigenvalue weighted by Gasteiger charge is -2.19. The maximum Gasteiger partial charge on any atom is 0.472 e. The predicted octanol–water partition coefficient (Wildman–Crippen LogP) is 23.7. The molecule has 0 aromatic carbocycles. The second-order valence-electron chi connectivity index (χ2n) is 23.0. The Morgan fingerprint density at radius 1 is 0.337 bits per heavy atom. The van der Waals surface area contributed by atoms with Gasteiger partial charge in [0.05, 0.1) is 13.2 Å². The fourth-order valence-corrected chi connectivity index (χ4v) is 10.2. The standard InChI is InChI=1S/C79H130NO8P/c1-3-5-7-9-11-13-15-17-19-21-23-25-27-29-31-32-33-34-35-36-37-38-39-40-41-42-43-44-46-48-50-52-54-56-58-60-62-64-66-68-70-72-79(82)88-77(76-87-89(83,84)86-74-73-80)75-85-78(81)71-69-67-65-63-61-59-57-55-53-51-49-47-45-30-28-26-24-22-20-18-16-14-12-10-8-6-4-2/h5-8,11-14,17-20,23-26,29-31,33-34,36-37,39-40,45,49,51,77H,3-4,9-10,15-16,21-22,27-28,32,35,38,41-44,46-48,50,52-76,80H2,1-2H3,(H,83,84)/b7-5-,8-6-,13-11-,14-12-,19-17-,20-18-,25-23-,26-24-,31-29-,34-33-,37-36-,40-39-,45-30-,51-49-. The molecule has 0 bridgehead atoms. The molecule has 0 aliphatic heterocycles. The van der Waals surface area contributed by atoms with Gasteiger partial charge in [-0.3, -0.25) is 18.6 Å². The van der Waals surface area contributed by atoms with Crippen molar-refractivity contribution in [3.8, 4) is 0 Å². The van der Waals surface area contributed by atoms with Gasteiger partial charge >= 0.3 is 19.8 Å². The number of rotatable bonds is 65. The molecule has 0 fully saturated rings. The normalized spacial score (nSPS) is 14.0. The highest BCUT2D eigenvalue weighted by molar-refractivity contribution is 7.47. The first-order valence-electron chi connectivity index (χ1n) is 35.6. The number of phosphoric ester groups is 1. The molecule has 0 aliphatic carbocycles. The molecule has 0 heterocycles. The van der Waals surface area contributed by atoms with Crippen molar-refractivity contribution in [2.75, 3.05) is 26.4 Å². The van der Waals surface area contributed by atoms with Crippen molar-refractivity contribution in [1.82, 2.24) is 0 Å². The molecule has 9 nitrogen and oxygen atoms in total. The van der Waals surface area contributed by atoms with Crippen molar-refractivity contribution in [1.29, 1.82) is 0 Å². The number of unbranched alkanes of at least 4 members (excludes halogenated alkanes) is 24. The number of carbonyl (C=O) groups excluding carboxylic acids is 2. The largest absolute Gasteiger partial charge is 0.472 e. The third-order valence-electron chi connectivity index (χ3n) is 14.6. The van der Waals surface area contributed by atoms with Crippen LogP contribution in [0.15, 0.2) is 170 Å². The predicted molar refractivity (Wildman–Crippen MR) is 385 cm³/mol. The van der Waals surface area contributed by atoms with E-state index in [1.54, 1.807) is 0 Å². The van der Waals surface area contributed by atoms with Crippen molar-refractivity contribution >= 4 is 19.8 Å². The van der Waals surface area contributed by atoms with Gasteiger partial charge in [0, 0.05) is 19.4 Å². The van der Waals surface area contributed by atoms with Gasteiger partial charge in [0.2, 0.25) is 0 Å². The first-order valence-corrected chi connectivity index (χ1v) is 37.1. The Hall–Kier alpha value is -4.63. The van der Waals surface area contributed by atoms with Crippen LogP contribution in [-0.2, 0) is 32.7 Å². The number of esters is 2. The lowest BCUT2D eigenvalue weighted by molar-refractivity contribution is -0.161. The highest BCUT2D eigenvalue weighted by Crippen LogP contribution is 2.43. The summed E-state index contributed by atoms with van der Waals surface area (Å²) in [5.74, 6) is -0.841. The number of hydrogen-bond acceptors (Lipinski definition) is 8. The van der Waals surface area contributed by atoms with Gasteiger partial charge in [0.15, 0.2) is 6.10 Å². The van der Waals surface area contributed by atoms with Crippen molar-refractivity contribution in [3.05, 3.63) is 170 Å². The summed E-state index contributed by atoms with van der Waals surface area (Å²) in [6.45, 7) is 3.51. The first kappa shape index (κ1) is 84.4. The van der Waals surface area contributed by atoms with Crippen LogP contribution in [0.1, 0.15) is 284 Å². The number of carbonyl (C=O) groups is 2. The van der Waals surface area contributed by atoms with Gasteiger partial charge in [-0.2, -0.15) is 0 Å². The van der Waals surface area contributed by atoms with Gasteiger partial charge in [0.1, 0.15) is 6.61 Å². The summed E-state index contributed by atoms with van der Waals surface area (Å²) in [6, 6.07) is 0. The lowest BCUT2D eigenvalue weighted by Crippen LogP contribution is -2.29. The fourth-order valence-electron chi connectivity index (χ4n) is 9.42. The Labute approximate surface area is 546 Å². The van der Waals surface area contributed by atoms with Crippen molar-refractivity contribution in [2.45, 2.75) is 290 Å². The molecule has 3 N–H and O–H groups in total. The van der Waals surface area contributed by atoms with E-state index in [1.807, 2.05) is 0 Å². The Kier molecular flexibility index (Phi) is 68.7. The third-order valence-corrected chi connectivity index (χ3v) is 15.6. The molecule has 0 amide bonds. The molecule has 0 aliphatic rings. The van der Waals surface area contributed by atoms with E-state index >= 15 is 0 Å². The van der Waals surface area contributed by atoms with Crippen LogP contribution in [0, 0.1) is 0 Å². The van der Waals surface area contributed by atoms with Gasteiger partial charge < -0.3 is 20.1 Å². The second kappa shape index (κ2) is 72.4. The minimum absolute atomic E-state index is 0.0453. The van der Waals surface area contributed by atoms with E-state index in [4.69, 9.17) is 24.3 Å². The maximum atomic E-state index is 12.8. The Balaban J connectivity index is 3.92. The van der Waals surface area contributed by atoms with Crippen molar-refractivity contribution < 1.29 is 37.6 Å². The van der Waals surface area contributed by atoms with Crippen LogP contribution < -0.4 is 5.73 Å². The summed E-state index contributed by atoms with van der Waals surface area (Å²) in [5, 5.41) is 0. The second-order valence-corrected chi connectivity index (χ2v) is 24.4. The molecule has 0 aromatic rings. The lowest BCUT2D eigenvalue weighted by atomic mass is 10.0. The van der Waals surface area contributed by atoms with Crippen LogP contribution in [-0.4, -0.2) is 49.3 Å². The van der Waals surface area contributed by atoms with Crippen LogP contribution in [0.3, 0.4) is 0 Å². The Morgan fingerprint density at radius 3 is 0.865 bits per heavy atom. The monoisotopic (exact) mass is 1250 g/mol. The van der Waals surface area contributed by atoms with Crippen LogP contribution >= 0.6 is 7.82 Å². The molecule has 2 unspecified atom stereocenters. The minimum Gasteiger partial charge on any atom is -0.462 e. The smallest absolute Gasteiger partial charge is 0.462 e. The zero-order valence-corrected chi connectivity index (χ0v) is 57.5. The van der Waals surface area contributed by atoms with Crippen LogP contribution in [0.25, 0.3) is 0 Å². The van der Waals surface area contributed by atoms with Gasteiger partial charge in [-0.1, -0.05) is 312 Å². The summed E-state index contributed by atoms with van der Waals surface area (Å²) >= 11 is 0. The van der Waals surface area contributed by atoms with Gasteiger partial charge in [0.25, 0.3) is 0 Å². The summed E-state index contributed by atoms with van der Waals surface area (Å²) < 4.78 is 33.2. The molecule has 0 saturated carbocycles. The molecule has 0 spiro atoms. The molecule has 10 heteroatoms. The number of phosphoric acid groups is 1. The van der Waals surface area contributed by atoms with Gasteiger partial charge in [-0.05, 0) is 128 Å². The zero-order chi connectivity index (χ0) is 64.4. The number of ether oxygens (including phenoxy) is 2. The molecule has 0 radical (unpaired) electrons. The molecule has 0 saturated heterocycles. The van der Waals surface area contributed by atoms with E-state index in [2.05, 4.69) is 184 Å². The molecule has 0 aromatic heterocycles. The van der Waals surface area contributed by atoms with Crippen LogP contribution in [0.4, 0.5) is 0 Å². The van der Waals surface area contributed by atoms with E-state index in [9.17, 15) is 19.0 Å². The molecular weight excluding hydrogens is 1120 g/mol. The quantitative estimate of drug-likeness (QED) is 0.0264. The van der Waals surface area contributed by atoms with Crippen LogP contribution in [0.5, 0.6) is 0 Å². The third kappa shape index (κ3) is 72.3. The molecular formula is C79H130NO8P. The van der Waals surface area contributed by atoms with E-state index in [1.165, 1.54) is 109 Å². The number of allylic oxidation sites excluding steroid dienone is 28. The molecule has 0 rings (SSSR count). The molecule has 2 atom stereocenters. The summed E-state index contributed by atoms with van der Waals surface area (Å²) in [7, 11) is -4.41. The summed E-state index contributed by atoms with van der Waals surface area (Å²) in [4.78, 5) is 35.4. The number of hydrogen-bond donors (Lipinski definition) is 2. The average Bonchev–Trinajstić information content (AvgIpc) is 3.58. The Morgan fingerprint density at radius 2 is 0.584 bits per heavy atom. The van der Waals surface area contributed by atoms with E-state index in [0.717, 1.165) is 141 Å². The Bertz CT molecular complexity index is 2070. The molecule has 89 heavy (non-hydrogen) atoms. The van der Waals surface area contributed by atoms with Crippen molar-refractivity contribution in [3.63, 3.8) is 0 Å². The average molecular weight is 1250 g/mol. The van der Waals surface area contributed by atoms with Crippen molar-refractivity contribution in [2.24, 2.45) is 5.73 Å². The van der Waals surface area contributed by atoms with E-state index in [0.29, 0.717) is 6.42 Å². The van der Waals surface area contributed by atoms with E-state index < -0.39 is 32.5 Å². The van der Waals surface area contributed by atoms with Gasteiger partial charge in [-0.15, -0.1) is 0 Å². The first-order chi connectivity index (χ1) is 43.8. The summed E-state index contributed by atoms with van der Waals surface area (Å²) in [5.41, 5.74) is 5.40. The van der Waals surface area contributed by atoms with Gasteiger partial charge in [-0.25, -0.2) is 4.57 Å². The topological polar surface area (TPSA) is 134 Å². The zero-order valence-electron chi connectivity index (χ0n) is 56.6. The number of nitrogens with two attached hydrogens (primary N) is 1. The highest BCUT2D eigenvalue weighted by Gasteiger charge is 2.26. The molecule has 504 valence electrons.